The van der Waals surface area contributed by atoms with Gasteiger partial charge in [-0.15, -0.1) is 0 Å². The van der Waals surface area contributed by atoms with Crippen LogP contribution in [0.4, 0.5) is 4.79 Å². The molecule has 0 aliphatic rings. The molecular formula is C11H15N3O2. The third-order valence-electron chi connectivity index (χ3n) is 1.85. The maximum Gasteiger partial charge on any atom is 0.332 e. The van der Waals surface area contributed by atoms with Gasteiger partial charge >= 0.3 is 6.03 Å². The summed E-state index contributed by atoms with van der Waals surface area (Å²) in [6.07, 6.45) is 0. The average molecular weight is 221 g/mol. The number of rotatable bonds is 5. The first-order chi connectivity index (χ1) is 7.74. The summed E-state index contributed by atoms with van der Waals surface area (Å²) in [5.41, 5.74) is 8.68. The molecule has 1 aromatic carbocycles. The van der Waals surface area contributed by atoms with Crippen molar-refractivity contribution in [2.75, 3.05) is 13.2 Å². The minimum atomic E-state index is -0.690. The van der Waals surface area contributed by atoms with Gasteiger partial charge in [-0.1, -0.05) is 30.3 Å². The minimum absolute atomic E-state index is 0.334. The number of carbonyl (C=O) groups excluding carboxylic acids is 1. The molecule has 0 bridgehead atoms. The molecule has 0 fully saturated rings. The van der Waals surface area contributed by atoms with Crippen molar-refractivity contribution in [1.29, 1.82) is 0 Å². The monoisotopic (exact) mass is 221 g/mol. The van der Waals surface area contributed by atoms with Crippen LogP contribution < -0.4 is 11.2 Å². The van der Waals surface area contributed by atoms with E-state index in [0.29, 0.717) is 18.9 Å². The van der Waals surface area contributed by atoms with E-state index in [1.807, 2.05) is 37.3 Å². The molecule has 0 unspecified atom stereocenters. The predicted octanol–water partition coefficient (Wildman–Crippen LogP) is 1.10. The second-order valence-corrected chi connectivity index (χ2v) is 3.04. The van der Waals surface area contributed by atoms with Gasteiger partial charge in [-0.05, 0) is 6.92 Å². The van der Waals surface area contributed by atoms with E-state index in [0.717, 1.165) is 5.56 Å². The summed E-state index contributed by atoms with van der Waals surface area (Å²) in [7, 11) is 0. The second kappa shape index (κ2) is 6.58. The average Bonchev–Trinajstić information content (AvgIpc) is 2.30. The number of benzene rings is 1. The van der Waals surface area contributed by atoms with Crippen molar-refractivity contribution in [3.63, 3.8) is 0 Å². The molecule has 0 spiro atoms. The van der Waals surface area contributed by atoms with Crippen LogP contribution in [0.1, 0.15) is 12.5 Å². The summed E-state index contributed by atoms with van der Waals surface area (Å²) in [6, 6.07) is 8.77. The van der Waals surface area contributed by atoms with Crippen LogP contribution in [-0.2, 0) is 4.74 Å². The summed E-state index contributed by atoms with van der Waals surface area (Å²) in [6.45, 7) is 2.81. The topological polar surface area (TPSA) is 76.7 Å². The normalized spacial score (nSPS) is 11.2. The molecule has 0 aromatic heterocycles. The second-order valence-electron chi connectivity index (χ2n) is 3.04. The van der Waals surface area contributed by atoms with E-state index in [9.17, 15) is 4.79 Å². The Labute approximate surface area is 94.3 Å². The standard InChI is InChI=1S/C11H15N3O2/c1-2-16-8-10(13-14-11(12)15)9-6-4-3-5-7-9/h3-7H,2,8H2,1H3,(H3,12,14,15)/b13-10-. The number of primary amides is 1. The smallest absolute Gasteiger partial charge is 0.332 e. The summed E-state index contributed by atoms with van der Waals surface area (Å²) in [5, 5.41) is 3.90. The quantitative estimate of drug-likeness (QED) is 0.577. The number of hydrogen-bond acceptors (Lipinski definition) is 3. The predicted molar refractivity (Wildman–Crippen MR) is 62.2 cm³/mol. The van der Waals surface area contributed by atoms with E-state index >= 15 is 0 Å². The molecule has 3 N–H and O–H groups in total. The highest BCUT2D eigenvalue weighted by Gasteiger charge is 2.03. The Hall–Kier alpha value is -1.88. The third-order valence-corrected chi connectivity index (χ3v) is 1.85. The first kappa shape index (κ1) is 12.2. The van der Waals surface area contributed by atoms with Crippen LogP contribution in [0.2, 0.25) is 0 Å². The molecule has 5 heteroatoms. The van der Waals surface area contributed by atoms with Gasteiger partial charge in [-0.3, -0.25) is 0 Å². The van der Waals surface area contributed by atoms with Crippen LogP contribution in [0.5, 0.6) is 0 Å². The molecular weight excluding hydrogens is 206 g/mol. The molecule has 0 heterocycles. The van der Waals surface area contributed by atoms with Gasteiger partial charge in [0.15, 0.2) is 0 Å². The maximum atomic E-state index is 10.6. The number of nitrogens with zero attached hydrogens (tertiary/aromatic N) is 1. The van der Waals surface area contributed by atoms with Crippen molar-refractivity contribution in [1.82, 2.24) is 5.43 Å². The highest BCUT2D eigenvalue weighted by atomic mass is 16.5. The van der Waals surface area contributed by atoms with Gasteiger partial charge in [-0.25, -0.2) is 10.2 Å². The van der Waals surface area contributed by atoms with E-state index in [-0.39, 0.29) is 0 Å². The minimum Gasteiger partial charge on any atom is -0.375 e. The molecule has 0 saturated carbocycles. The van der Waals surface area contributed by atoms with Gasteiger partial charge in [0.05, 0.1) is 12.3 Å². The van der Waals surface area contributed by atoms with Gasteiger partial charge < -0.3 is 10.5 Å². The zero-order valence-corrected chi connectivity index (χ0v) is 9.14. The largest absolute Gasteiger partial charge is 0.375 e. The lowest BCUT2D eigenvalue weighted by molar-refractivity contribution is 0.187. The number of hydrogen-bond donors (Lipinski definition) is 2. The highest BCUT2D eigenvalue weighted by molar-refractivity contribution is 6.01. The molecule has 1 aromatic rings. The zero-order valence-electron chi connectivity index (χ0n) is 9.14. The van der Waals surface area contributed by atoms with Crippen LogP contribution in [0, 0.1) is 0 Å². The van der Waals surface area contributed by atoms with Crippen molar-refractivity contribution in [2.24, 2.45) is 10.8 Å². The number of urea groups is 1. The molecule has 0 saturated heterocycles. The number of nitrogens with two attached hydrogens (primary N) is 1. The number of nitrogens with one attached hydrogen (secondary N) is 1. The number of carbonyl (C=O) groups is 1. The summed E-state index contributed by atoms with van der Waals surface area (Å²) >= 11 is 0. The molecule has 0 radical (unpaired) electrons. The fourth-order valence-electron chi connectivity index (χ4n) is 1.13. The Morgan fingerprint density at radius 1 is 1.44 bits per heavy atom. The molecule has 5 nitrogen and oxygen atoms in total. The Morgan fingerprint density at radius 3 is 2.69 bits per heavy atom. The number of amides is 2. The molecule has 2 amide bonds. The summed E-state index contributed by atoms with van der Waals surface area (Å²) in [4.78, 5) is 10.6. The number of hydrazone groups is 1. The van der Waals surface area contributed by atoms with Crippen molar-refractivity contribution in [3.05, 3.63) is 35.9 Å². The van der Waals surface area contributed by atoms with Gasteiger partial charge in [0.2, 0.25) is 0 Å². The van der Waals surface area contributed by atoms with Crippen LogP contribution in [0.3, 0.4) is 0 Å². The van der Waals surface area contributed by atoms with Gasteiger partial charge in [-0.2, -0.15) is 5.10 Å². The Morgan fingerprint density at radius 2 is 2.12 bits per heavy atom. The Kier molecular flexibility index (Phi) is 5.01. The molecule has 0 atom stereocenters. The molecule has 1 rings (SSSR count). The van der Waals surface area contributed by atoms with E-state index in [2.05, 4.69) is 10.5 Å². The van der Waals surface area contributed by atoms with Crippen molar-refractivity contribution >= 4 is 11.7 Å². The highest BCUT2D eigenvalue weighted by Crippen LogP contribution is 2.01. The lowest BCUT2D eigenvalue weighted by Crippen LogP contribution is -2.27. The van der Waals surface area contributed by atoms with Crippen molar-refractivity contribution in [2.45, 2.75) is 6.92 Å². The van der Waals surface area contributed by atoms with Crippen molar-refractivity contribution < 1.29 is 9.53 Å². The van der Waals surface area contributed by atoms with E-state index < -0.39 is 6.03 Å². The zero-order chi connectivity index (χ0) is 11.8. The molecule has 0 aliphatic heterocycles. The maximum absolute atomic E-state index is 10.6. The van der Waals surface area contributed by atoms with Gasteiger partial charge in [0.1, 0.15) is 0 Å². The fraction of sp³-hybridized carbons (Fsp3) is 0.273. The van der Waals surface area contributed by atoms with Crippen LogP contribution >= 0.6 is 0 Å². The van der Waals surface area contributed by atoms with E-state index in [1.54, 1.807) is 0 Å². The first-order valence-electron chi connectivity index (χ1n) is 4.99. The summed E-state index contributed by atoms with van der Waals surface area (Å²) in [5.74, 6) is 0. The summed E-state index contributed by atoms with van der Waals surface area (Å²) < 4.78 is 5.26. The van der Waals surface area contributed by atoms with Crippen molar-refractivity contribution in [3.8, 4) is 0 Å². The lowest BCUT2D eigenvalue weighted by atomic mass is 10.1. The SMILES string of the molecule is CCOC/C(=N/NC(N)=O)c1ccccc1. The van der Waals surface area contributed by atoms with E-state index in [1.165, 1.54) is 0 Å². The van der Waals surface area contributed by atoms with E-state index in [4.69, 9.17) is 10.5 Å². The molecule has 0 aliphatic carbocycles. The third kappa shape index (κ3) is 4.10. The van der Waals surface area contributed by atoms with Gasteiger partial charge in [0, 0.05) is 12.2 Å². The molecule has 86 valence electrons. The van der Waals surface area contributed by atoms with Crippen LogP contribution in [0.25, 0.3) is 0 Å². The lowest BCUT2D eigenvalue weighted by Gasteiger charge is -2.06. The van der Waals surface area contributed by atoms with Crippen LogP contribution in [0.15, 0.2) is 35.4 Å². The number of ether oxygens (including phenoxy) is 1. The Balaban J connectivity index is 2.78. The van der Waals surface area contributed by atoms with Crippen LogP contribution in [-0.4, -0.2) is 25.0 Å². The fourth-order valence-corrected chi connectivity index (χ4v) is 1.13. The first-order valence-corrected chi connectivity index (χ1v) is 4.99. The Bertz CT molecular complexity index is 363. The molecule has 16 heavy (non-hydrogen) atoms. The van der Waals surface area contributed by atoms with Gasteiger partial charge in [0.25, 0.3) is 0 Å².